The molecule has 1 N–H and O–H groups in total. The zero-order chi connectivity index (χ0) is 18.4. The van der Waals surface area contributed by atoms with E-state index in [9.17, 15) is 9.90 Å². The number of hydrogen-bond donors (Lipinski definition) is 1. The van der Waals surface area contributed by atoms with Crippen molar-refractivity contribution in [3.05, 3.63) is 29.8 Å². The highest BCUT2D eigenvalue weighted by atomic mass is 16.5. The van der Waals surface area contributed by atoms with Crippen LogP contribution in [-0.2, 0) is 16.0 Å². The van der Waals surface area contributed by atoms with Gasteiger partial charge in [-0.2, -0.15) is 0 Å². The summed E-state index contributed by atoms with van der Waals surface area (Å²) in [6, 6.07) is 7.99. The van der Waals surface area contributed by atoms with Gasteiger partial charge in [0.1, 0.15) is 24.6 Å². The van der Waals surface area contributed by atoms with E-state index in [0.717, 1.165) is 38.1 Å². The number of aryl methyl sites for hydroxylation is 1. The average molecular weight is 362 g/mol. The highest BCUT2D eigenvalue weighted by Crippen LogP contribution is 2.16. The Bertz CT molecular complexity index is 564. The molecule has 2 aliphatic heterocycles. The fraction of sp³-hybridized carbons (Fsp3) is 0.650. The van der Waals surface area contributed by atoms with Gasteiger partial charge in [-0.3, -0.25) is 9.69 Å². The minimum Gasteiger partial charge on any atom is -0.491 e. The van der Waals surface area contributed by atoms with Gasteiger partial charge >= 0.3 is 0 Å². The summed E-state index contributed by atoms with van der Waals surface area (Å²) in [6.07, 6.45) is 2.04. The Morgan fingerprint density at radius 2 is 2.00 bits per heavy atom. The molecular formula is C20H30N2O4. The van der Waals surface area contributed by atoms with E-state index in [4.69, 9.17) is 9.47 Å². The fourth-order valence-corrected chi connectivity index (χ4v) is 3.49. The second kappa shape index (κ2) is 9.35. The summed E-state index contributed by atoms with van der Waals surface area (Å²) in [6.45, 7) is 6.62. The molecule has 0 bridgehead atoms. The highest BCUT2D eigenvalue weighted by Gasteiger charge is 2.30. The van der Waals surface area contributed by atoms with Crippen LogP contribution in [0.15, 0.2) is 24.3 Å². The zero-order valence-corrected chi connectivity index (χ0v) is 15.6. The number of ether oxygens (including phenoxy) is 2. The summed E-state index contributed by atoms with van der Waals surface area (Å²) in [4.78, 5) is 16.4. The van der Waals surface area contributed by atoms with E-state index in [1.54, 1.807) is 0 Å². The Morgan fingerprint density at radius 3 is 2.62 bits per heavy atom. The van der Waals surface area contributed by atoms with Crippen molar-refractivity contribution in [2.24, 2.45) is 0 Å². The van der Waals surface area contributed by atoms with Crippen molar-refractivity contribution in [3.63, 3.8) is 0 Å². The standard InChI is InChI=1S/C20H30N2O4/c1-2-16-5-7-18(8-6-16)26-15-17(23)14-21-9-11-22(12-10-21)20(24)19-4-3-13-25-19/h5-8,17,19,23H,2-4,9-15H2,1H3/t17-,19+/m1/s1. The van der Waals surface area contributed by atoms with E-state index in [2.05, 4.69) is 11.8 Å². The number of piperazine rings is 1. The van der Waals surface area contributed by atoms with Gasteiger partial charge in [-0.25, -0.2) is 0 Å². The van der Waals surface area contributed by atoms with E-state index >= 15 is 0 Å². The number of aliphatic hydroxyl groups is 1. The minimum absolute atomic E-state index is 0.126. The molecule has 0 aromatic heterocycles. The Labute approximate surface area is 155 Å². The lowest BCUT2D eigenvalue weighted by Crippen LogP contribution is -2.53. The molecule has 0 unspecified atom stereocenters. The number of amides is 1. The fourth-order valence-electron chi connectivity index (χ4n) is 3.49. The van der Waals surface area contributed by atoms with Gasteiger partial charge in [-0.05, 0) is 37.0 Å². The predicted molar refractivity (Wildman–Crippen MR) is 99.3 cm³/mol. The number of carbonyl (C=O) groups is 1. The van der Waals surface area contributed by atoms with Crippen LogP contribution in [-0.4, -0.2) is 79.0 Å². The van der Waals surface area contributed by atoms with Crippen LogP contribution in [0.2, 0.25) is 0 Å². The summed E-state index contributed by atoms with van der Waals surface area (Å²) < 4.78 is 11.2. The maximum absolute atomic E-state index is 12.3. The van der Waals surface area contributed by atoms with E-state index in [1.165, 1.54) is 5.56 Å². The van der Waals surface area contributed by atoms with Gasteiger partial charge < -0.3 is 19.5 Å². The molecule has 3 rings (SSSR count). The molecule has 2 heterocycles. The predicted octanol–water partition coefficient (Wildman–Crippen LogP) is 1.31. The molecule has 2 fully saturated rings. The van der Waals surface area contributed by atoms with Gasteiger partial charge in [0.25, 0.3) is 5.91 Å². The van der Waals surface area contributed by atoms with E-state index < -0.39 is 6.10 Å². The number of rotatable bonds is 7. The lowest BCUT2D eigenvalue weighted by atomic mass is 10.2. The average Bonchev–Trinajstić information content (AvgIpc) is 3.21. The van der Waals surface area contributed by atoms with Crippen molar-refractivity contribution in [2.45, 2.75) is 38.4 Å². The topological polar surface area (TPSA) is 62.2 Å². The van der Waals surface area contributed by atoms with Crippen molar-refractivity contribution in [1.29, 1.82) is 0 Å². The zero-order valence-electron chi connectivity index (χ0n) is 15.6. The van der Waals surface area contributed by atoms with Gasteiger partial charge in [0.2, 0.25) is 0 Å². The van der Waals surface area contributed by atoms with Crippen LogP contribution in [0, 0.1) is 0 Å². The van der Waals surface area contributed by atoms with Gasteiger partial charge in [-0.1, -0.05) is 19.1 Å². The van der Waals surface area contributed by atoms with Crippen LogP contribution in [0.4, 0.5) is 0 Å². The Morgan fingerprint density at radius 1 is 1.27 bits per heavy atom. The van der Waals surface area contributed by atoms with Crippen LogP contribution in [0.5, 0.6) is 5.75 Å². The smallest absolute Gasteiger partial charge is 0.251 e. The third kappa shape index (κ3) is 5.19. The maximum atomic E-state index is 12.3. The number of benzene rings is 1. The van der Waals surface area contributed by atoms with Gasteiger partial charge in [0, 0.05) is 39.3 Å². The second-order valence-electron chi connectivity index (χ2n) is 7.09. The largest absolute Gasteiger partial charge is 0.491 e. The molecule has 144 valence electrons. The SMILES string of the molecule is CCc1ccc(OC[C@H](O)CN2CCN(C(=O)[C@@H]3CCCO3)CC2)cc1. The summed E-state index contributed by atoms with van der Waals surface area (Å²) in [5.74, 6) is 0.912. The molecule has 1 aromatic rings. The molecule has 1 amide bonds. The van der Waals surface area contributed by atoms with Gasteiger partial charge in [0.05, 0.1) is 0 Å². The number of nitrogens with zero attached hydrogens (tertiary/aromatic N) is 2. The Kier molecular flexibility index (Phi) is 6.88. The first kappa shape index (κ1) is 19.1. The number of carbonyl (C=O) groups excluding carboxylic acids is 1. The third-order valence-corrected chi connectivity index (χ3v) is 5.13. The molecular weight excluding hydrogens is 332 g/mol. The normalized spacial score (nSPS) is 22.4. The summed E-state index contributed by atoms with van der Waals surface area (Å²) in [5, 5.41) is 10.2. The van der Waals surface area contributed by atoms with Crippen LogP contribution >= 0.6 is 0 Å². The van der Waals surface area contributed by atoms with Crippen molar-refractivity contribution >= 4 is 5.91 Å². The molecule has 0 saturated carbocycles. The van der Waals surface area contributed by atoms with Crippen molar-refractivity contribution in [3.8, 4) is 5.75 Å². The second-order valence-corrected chi connectivity index (χ2v) is 7.09. The molecule has 1 aromatic carbocycles. The van der Waals surface area contributed by atoms with Gasteiger partial charge in [-0.15, -0.1) is 0 Å². The molecule has 6 heteroatoms. The van der Waals surface area contributed by atoms with E-state index in [0.29, 0.717) is 26.2 Å². The van der Waals surface area contributed by atoms with E-state index in [-0.39, 0.29) is 18.6 Å². The van der Waals surface area contributed by atoms with Crippen LogP contribution in [0.25, 0.3) is 0 Å². The molecule has 2 atom stereocenters. The van der Waals surface area contributed by atoms with Crippen LogP contribution in [0.3, 0.4) is 0 Å². The number of hydrogen-bond acceptors (Lipinski definition) is 5. The van der Waals surface area contributed by atoms with Gasteiger partial charge in [0.15, 0.2) is 0 Å². The van der Waals surface area contributed by atoms with E-state index in [1.807, 2.05) is 29.2 Å². The van der Waals surface area contributed by atoms with Crippen LogP contribution in [0.1, 0.15) is 25.3 Å². The first-order valence-corrected chi connectivity index (χ1v) is 9.68. The minimum atomic E-state index is -0.540. The lowest BCUT2D eigenvalue weighted by Gasteiger charge is -2.36. The molecule has 0 spiro atoms. The van der Waals surface area contributed by atoms with Crippen LogP contribution < -0.4 is 4.74 Å². The molecule has 6 nitrogen and oxygen atoms in total. The van der Waals surface area contributed by atoms with Crippen molar-refractivity contribution < 1.29 is 19.4 Å². The molecule has 0 aliphatic carbocycles. The Balaban J connectivity index is 1.36. The van der Waals surface area contributed by atoms with Crippen molar-refractivity contribution in [2.75, 3.05) is 45.9 Å². The Hall–Kier alpha value is -1.63. The molecule has 2 aliphatic rings. The quantitative estimate of drug-likeness (QED) is 0.793. The third-order valence-electron chi connectivity index (χ3n) is 5.13. The molecule has 0 radical (unpaired) electrons. The highest BCUT2D eigenvalue weighted by molar-refractivity contribution is 5.81. The van der Waals surface area contributed by atoms with Crippen molar-refractivity contribution in [1.82, 2.24) is 9.80 Å². The summed E-state index contributed by atoms with van der Waals surface area (Å²) in [5.41, 5.74) is 1.27. The monoisotopic (exact) mass is 362 g/mol. The first-order valence-electron chi connectivity index (χ1n) is 9.68. The molecule has 2 saturated heterocycles. The molecule has 26 heavy (non-hydrogen) atoms. The first-order chi connectivity index (χ1) is 12.7. The number of β-amino-alcohol motifs (C(OH)–C–C–N with tert-alkyl or cyclic N) is 1. The summed E-state index contributed by atoms with van der Waals surface area (Å²) in [7, 11) is 0. The number of aliphatic hydroxyl groups excluding tert-OH is 1. The summed E-state index contributed by atoms with van der Waals surface area (Å²) >= 11 is 0. The lowest BCUT2D eigenvalue weighted by molar-refractivity contribution is -0.142. The maximum Gasteiger partial charge on any atom is 0.251 e.